The van der Waals surface area contributed by atoms with Gasteiger partial charge >= 0.3 is 0 Å². The van der Waals surface area contributed by atoms with Crippen LogP contribution in [-0.4, -0.2) is 36.2 Å². The van der Waals surface area contributed by atoms with E-state index in [4.69, 9.17) is 21.9 Å². The van der Waals surface area contributed by atoms with E-state index < -0.39 is 0 Å². The van der Waals surface area contributed by atoms with Crippen molar-refractivity contribution in [3.8, 4) is 6.07 Å². The van der Waals surface area contributed by atoms with Crippen LogP contribution >= 0.6 is 12.2 Å². The maximum atomic E-state index is 8.85. The number of nitrogens with zero attached hydrogens (tertiary/aromatic N) is 2. The Morgan fingerprint density at radius 2 is 2.00 bits per heavy atom. The zero-order valence-electron chi connectivity index (χ0n) is 13.5. The lowest BCUT2D eigenvalue weighted by molar-refractivity contribution is -0.917. The Balaban J connectivity index is 1.43. The van der Waals surface area contributed by atoms with E-state index in [0.717, 1.165) is 43.6 Å². The molecule has 0 radical (unpaired) electrons. The fraction of sp³-hybridized carbons (Fsp3) is 0.333. The van der Waals surface area contributed by atoms with Gasteiger partial charge in [-0.15, -0.1) is 0 Å². The minimum Gasteiger partial charge on any atom is -0.467 e. The number of benzene rings is 1. The van der Waals surface area contributed by atoms with Gasteiger partial charge in [-0.05, 0) is 36.5 Å². The molecule has 0 atom stereocenters. The van der Waals surface area contributed by atoms with Gasteiger partial charge in [0.15, 0.2) is 5.11 Å². The summed E-state index contributed by atoms with van der Waals surface area (Å²) in [4.78, 5) is 3.77. The summed E-state index contributed by atoms with van der Waals surface area (Å²) in [6, 6.07) is 13.9. The average Bonchev–Trinajstić information content (AvgIpc) is 3.14. The van der Waals surface area contributed by atoms with Crippen LogP contribution in [0.5, 0.6) is 0 Å². The van der Waals surface area contributed by atoms with E-state index in [9.17, 15) is 0 Å². The molecule has 1 saturated heterocycles. The van der Waals surface area contributed by atoms with Crippen LogP contribution in [0.4, 0.5) is 0 Å². The van der Waals surface area contributed by atoms with Gasteiger partial charge in [-0.1, -0.05) is 12.1 Å². The maximum Gasteiger partial charge on any atom is 0.169 e. The fourth-order valence-corrected chi connectivity index (χ4v) is 3.13. The number of piperazine rings is 1. The molecule has 1 aliphatic heterocycles. The van der Waals surface area contributed by atoms with Crippen LogP contribution in [0.3, 0.4) is 0 Å². The summed E-state index contributed by atoms with van der Waals surface area (Å²) in [6.45, 7) is 5.65. The smallest absolute Gasteiger partial charge is 0.169 e. The number of rotatable bonds is 4. The Hall–Kier alpha value is -2.36. The molecule has 1 aromatic carbocycles. The van der Waals surface area contributed by atoms with Crippen molar-refractivity contribution in [2.75, 3.05) is 26.2 Å². The number of thiocarbonyl (C=S) groups is 1. The van der Waals surface area contributed by atoms with Crippen LogP contribution < -0.4 is 10.2 Å². The van der Waals surface area contributed by atoms with Gasteiger partial charge in [0.05, 0.1) is 50.6 Å². The van der Waals surface area contributed by atoms with Crippen molar-refractivity contribution in [3.05, 3.63) is 59.5 Å². The van der Waals surface area contributed by atoms with E-state index in [1.165, 1.54) is 5.56 Å². The van der Waals surface area contributed by atoms with Crippen LogP contribution in [0.2, 0.25) is 0 Å². The zero-order chi connectivity index (χ0) is 16.8. The van der Waals surface area contributed by atoms with Crippen molar-refractivity contribution in [1.82, 2.24) is 10.2 Å². The Morgan fingerprint density at radius 1 is 1.25 bits per heavy atom. The highest BCUT2D eigenvalue weighted by Gasteiger charge is 2.21. The Bertz CT molecular complexity index is 698. The molecule has 0 spiro atoms. The topological polar surface area (TPSA) is 56.6 Å². The van der Waals surface area contributed by atoms with Crippen molar-refractivity contribution in [1.29, 1.82) is 5.26 Å². The number of hydrogen-bond donors (Lipinski definition) is 2. The largest absolute Gasteiger partial charge is 0.467 e. The van der Waals surface area contributed by atoms with Crippen LogP contribution in [-0.2, 0) is 13.1 Å². The standard InChI is InChI=1S/C18H20N4OS/c19-12-15-3-5-16(6-4-15)14-21-7-9-22(10-8-21)18(24)20-13-17-2-1-11-23-17/h1-6,11H,7-10,13-14H2,(H,20,24)/p+1. The number of nitriles is 1. The highest BCUT2D eigenvalue weighted by atomic mass is 32.1. The van der Waals surface area contributed by atoms with E-state index in [1.807, 2.05) is 36.4 Å². The third kappa shape index (κ3) is 4.34. The van der Waals surface area contributed by atoms with E-state index >= 15 is 0 Å². The molecule has 6 heteroatoms. The van der Waals surface area contributed by atoms with Gasteiger partial charge in [-0.25, -0.2) is 0 Å². The third-order valence-corrected chi connectivity index (χ3v) is 4.69. The molecule has 0 aliphatic carbocycles. The molecule has 2 heterocycles. The molecular formula is C18H21N4OS+. The summed E-state index contributed by atoms with van der Waals surface area (Å²) in [5, 5.41) is 12.9. The first-order valence-corrected chi connectivity index (χ1v) is 8.53. The van der Waals surface area contributed by atoms with Crippen molar-refractivity contribution in [3.63, 3.8) is 0 Å². The quantitative estimate of drug-likeness (QED) is 0.810. The molecule has 5 nitrogen and oxygen atoms in total. The van der Waals surface area contributed by atoms with Crippen molar-refractivity contribution in [2.45, 2.75) is 13.1 Å². The fourth-order valence-electron chi connectivity index (χ4n) is 2.88. The van der Waals surface area contributed by atoms with E-state index in [1.54, 1.807) is 11.2 Å². The molecule has 2 aromatic rings. The number of hydrogen-bond acceptors (Lipinski definition) is 3. The van der Waals surface area contributed by atoms with Crippen LogP contribution in [0.1, 0.15) is 16.9 Å². The van der Waals surface area contributed by atoms with Gasteiger partial charge in [0, 0.05) is 5.56 Å². The van der Waals surface area contributed by atoms with E-state index in [0.29, 0.717) is 12.1 Å². The zero-order valence-corrected chi connectivity index (χ0v) is 14.3. The molecule has 1 fully saturated rings. The first-order valence-electron chi connectivity index (χ1n) is 8.12. The second-order valence-corrected chi connectivity index (χ2v) is 6.35. The van der Waals surface area contributed by atoms with Crippen LogP contribution in [0.15, 0.2) is 47.1 Å². The summed E-state index contributed by atoms with van der Waals surface area (Å²) >= 11 is 5.48. The molecule has 0 unspecified atom stereocenters. The lowest BCUT2D eigenvalue weighted by Crippen LogP contribution is -3.13. The normalized spacial score (nSPS) is 15.0. The molecule has 24 heavy (non-hydrogen) atoms. The molecule has 0 amide bonds. The molecular weight excluding hydrogens is 320 g/mol. The number of quaternary nitrogens is 1. The lowest BCUT2D eigenvalue weighted by atomic mass is 10.1. The van der Waals surface area contributed by atoms with E-state index in [-0.39, 0.29) is 0 Å². The molecule has 0 bridgehead atoms. The summed E-state index contributed by atoms with van der Waals surface area (Å²) in [7, 11) is 0. The summed E-state index contributed by atoms with van der Waals surface area (Å²) in [5.74, 6) is 0.891. The Kier molecular flexibility index (Phi) is 5.47. The molecule has 3 rings (SSSR count). The minimum absolute atomic E-state index is 0.629. The summed E-state index contributed by atoms with van der Waals surface area (Å²) < 4.78 is 5.31. The predicted octanol–water partition coefficient (Wildman–Crippen LogP) is 0.926. The number of nitrogens with one attached hydrogen (secondary N) is 2. The average molecular weight is 341 g/mol. The first-order chi connectivity index (χ1) is 11.7. The monoisotopic (exact) mass is 341 g/mol. The van der Waals surface area contributed by atoms with Crippen LogP contribution in [0.25, 0.3) is 0 Å². The van der Waals surface area contributed by atoms with Gasteiger partial charge in [0.25, 0.3) is 0 Å². The lowest BCUT2D eigenvalue weighted by Gasteiger charge is -2.33. The molecule has 2 N–H and O–H groups in total. The van der Waals surface area contributed by atoms with Gasteiger partial charge in [-0.2, -0.15) is 5.26 Å². The maximum absolute atomic E-state index is 8.85. The molecule has 124 valence electrons. The minimum atomic E-state index is 0.629. The molecule has 1 aliphatic rings. The van der Waals surface area contributed by atoms with Gasteiger partial charge in [0.2, 0.25) is 0 Å². The third-order valence-electron chi connectivity index (χ3n) is 4.29. The summed E-state index contributed by atoms with van der Waals surface area (Å²) in [5.41, 5.74) is 1.99. The Morgan fingerprint density at radius 3 is 2.62 bits per heavy atom. The van der Waals surface area contributed by atoms with Crippen LogP contribution in [0, 0.1) is 11.3 Å². The predicted molar refractivity (Wildman–Crippen MR) is 95.3 cm³/mol. The SMILES string of the molecule is N#Cc1ccc(C[NH+]2CCN(C(=S)NCc3ccco3)CC2)cc1. The highest BCUT2D eigenvalue weighted by molar-refractivity contribution is 7.80. The van der Waals surface area contributed by atoms with Gasteiger partial charge in [-0.3, -0.25) is 0 Å². The van der Waals surface area contributed by atoms with Gasteiger partial charge in [0.1, 0.15) is 12.3 Å². The van der Waals surface area contributed by atoms with Crippen molar-refractivity contribution in [2.24, 2.45) is 0 Å². The van der Waals surface area contributed by atoms with E-state index in [2.05, 4.69) is 16.3 Å². The number of furan rings is 1. The van der Waals surface area contributed by atoms with Crippen molar-refractivity contribution >= 4 is 17.3 Å². The second-order valence-electron chi connectivity index (χ2n) is 5.96. The van der Waals surface area contributed by atoms with Gasteiger partial charge < -0.3 is 19.5 Å². The first kappa shape index (κ1) is 16.5. The second kappa shape index (κ2) is 7.95. The van der Waals surface area contributed by atoms with Crippen molar-refractivity contribution < 1.29 is 9.32 Å². The molecule has 0 saturated carbocycles. The highest BCUT2D eigenvalue weighted by Crippen LogP contribution is 2.03. The summed E-state index contributed by atoms with van der Waals surface area (Å²) in [6.07, 6.45) is 1.67. The molecule has 1 aromatic heterocycles. The Labute approximate surface area is 147 Å².